The highest BCUT2D eigenvalue weighted by atomic mass is 16.5. The minimum atomic E-state index is -0.170. The van der Waals surface area contributed by atoms with Crippen molar-refractivity contribution in [3.63, 3.8) is 0 Å². The lowest BCUT2D eigenvalue weighted by Gasteiger charge is -2.15. The molecule has 1 unspecified atom stereocenters. The van der Waals surface area contributed by atoms with Crippen LogP contribution in [0.4, 0.5) is 11.4 Å². The zero-order chi connectivity index (χ0) is 20.8. The summed E-state index contributed by atoms with van der Waals surface area (Å²) < 4.78 is 11.2. The van der Waals surface area contributed by atoms with E-state index in [9.17, 15) is 9.59 Å². The maximum Gasteiger partial charge on any atom is 0.279 e. The van der Waals surface area contributed by atoms with Gasteiger partial charge in [-0.2, -0.15) is 0 Å². The second-order valence-corrected chi connectivity index (χ2v) is 7.37. The molecule has 7 heteroatoms. The number of nitrogens with one attached hydrogen (secondary N) is 3. The molecule has 1 atom stereocenters. The summed E-state index contributed by atoms with van der Waals surface area (Å²) in [5, 5.41) is 5.78. The molecule has 3 N–H and O–H groups in total. The van der Waals surface area contributed by atoms with Crippen LogP contribution in [0.2, 0.25) is 0 Å². The highest BCUT2D eigenvalue weighted by Gasteiger charge is 2.17. The summed E-state index contributed by atoms with van der Waals surface area (Å²) in [6.45, 7) is 5.57. The number of quaternary nitrogens is 1. The fraction of sp³-hybridized carbons (Fsp3) is 0.364. The molecule has 0 bridgehead atoms. The Bertz CT molecular complexity index is 898. The molecule has 2 aromatic carbocycles. The molecule has 0 aliphatic carbocycles. The zero-order valence-electron chi connectivity index (χ0n) is 17.1. The van der Waals surface area contributed by atoms with Gasteiger partial charge in [-0.05, 0) is 43.2 Å². The lowest BCUT2D eigenvalue weighted by Crippen LogP contribution is -3.11. The molecule has 0 saturated carbocycles. The van der Waals surface area contributed by atoms with Crippen molar-refractivity contribution >= 4 is 23.2 Å². The summed E-state index contributed by atoms with van der Waals surface area (Å²) in [5.41, 5.74) is 3.62. The second kappa shape index (κ2) is 9.43. The van der Waals surface area contributed by atoms with E-state index in [-0.39, 0.29) is 24.9 Å². The van der Waals surface area contributed by atoms with Crippen LogP contribution < -0.4 is 25.0 Å². The SMILES string of the molecule is Cc1cccc(NC(=O)C[NH+](C)CC(=O)Nc2ccc3c(c2)OCCCO3)c1C. The summed E-state index contributed by atoms with van der Waals surface area (Å²) in [7, 11) is 1.82. The highest BCUT2D eigenvalue weighted by Crippen LogP contribution is 2.32. The number of hydrogen-bond donors (Lipinski definition) is 3. The molecule has 2 amide bonds. The number of carbonyl (C=O) groups excluding carboxylic acids is 2. The first-order valence-corrected chi connectivity index (χ1v) is 9.79. The molecule has 0 spiro atoms. The molecule has 3 rings (SSSR count). The van der Waals surface area contributed by atoms with Crippen LogP contribution in [0.25, 0.3) is 0 Å². The molecule has 2 aromatic rings. The van der Waals surface area contributed by atoms with Crippen molar-refractivity contribution < 1.29 is 24.0 Å². The second-order valence-electron chi connectivity index (χ2n) is 7.37. The summed E-state index contributed by atoms with van der Waals surface area (Å²) in [5.74, 6) is 1.02. The van der Waals surface area contributed by atoms with Gasteiger partial charge in [-0.1, -0.05) is 12.1 Å². The quantitative estimate of drug-likeness (QED) is 0.690. The van der Waals surface area contributed by atoms with Crippen LogP contribution in [0, 0.1) is 13.8 Å². The maximum atomic E-state index is 12.4. The Morgan fingerprint density at radius 3 is 2.41 bits per heavy atom. The van der Waals surface area contributed by atoms with Gasteiger partial charge in [0.05, 0.1) is 20.3 Å². The molecule has 1 aliphatic rings. The van der Waals surface area contributed by atoms with Gasteiger partial charge >= 0.3 is 0 Å². The number of benzene rings is 2. The maximum absolute atomic E-state index is 12.4. The number of hydrogen-bond acceptors (Lipinski definition) is 4. The fourth-order valence-electron chi connectivity index (χ4n) is 3.14. The smallest absolute Gasteiger partial charge is 0.279 e. The topological polar surface area (TPSA) is 81.1 Å². The minimum Gasteiger partial charge on any atom is -0.490 e. The van der Waals surface area contributed by atoms with Crippen molar-refractivity contribution in [1.29, 1.82) is 0 Å². The molecule has 7 nitrogen and oxygen atoms in total. The number of fused-ring (bicyclic) bond motifs is 1. The number of ether oxygens (including phenoxy) is 2. The van der Waals surface area contributed by atoms with E-state index in [0.29, 0.717) is 30.4 Å². The molecule has 0 fully saturated rings. The zero-order valence-corrected chi connectivity index (χ0v) is 17.1. The Hall–Kier alpha value is -3.06. The Kier molecular flexibility index (Phi) is 6.72. The van der Waals surface area contributed by atoms with E-state index >= 15 is 0 Å². The Labute approximate surface area is 171 Å². The third-order valence-electron chi connectivity index (χ3n) is 4.83. The average molecular weight is 398 g/mol. The van der Waals surface area contributed by atoms with Crippen molar-refractivity contribution in [1.82, 2.24) is 0 Å². The van der Waals surface area contributed by atoms with Gasteiger partial charge in [0.15, 0.2) is 24.6 Å². The third kappa shape index (κ3) is 5.71. The van der Waals surface area contributed by atoms with E-state index in [1.165, 1.54) is 0 Å². The van der Waals surface area contributed by atoms with Gasteiger partial charge in [0.25, 0.3) is 11.8 Å². The van der Waals surface area contributed by atoms with Crippen LogP contribution in [-0.4, -0.2) is 45.2 Å². The molecule has 1 heterocycles. The summed E-state index contributed by atoms with van der Waals surface area (Å²) >= 11 is 0. The normalized spacial score (nSPS) is 13.9. The molecule has 0 radical (unpaired) electrons. The number of rotatable bonds is 6. The highest BCUT2D eigenvalue weighted by molar-refractivity contribution is 5.93. The van der Waals surface area contributed by atoms with E-state index in [1.807, 2.05) is 39.1 Å². The van der Waals surface area contributed by atoms with Gasteiger partial charge in [0.2, 0.25) is 0 Å². The molecule has 0 saturated heterocycles. The predicted octanol–water partition coefficient (Wildman–Crippen LogP) is 1.56. The van der Waals surface area contributed by atoms with Gasteiger partial charge < -0.3 is 25.0 Å². The first kappa shape index (κ1) is 20.7. The van der Waals surface area contributed by atoms with Crippen LogP contribution in [0.1, 0.15) is 17.5 Å². The van der Waals surface area contributed by atoms with Crippen molar-refractivity contribution in [2.24, 2.45) is 0 Å². The Balaban J connectivity index is 1.50. The predicted molar refractivity (Wildman–Crippen MR) is 112 cm³/mol. The largest absolute Gasteiger partial charge is 0.490 e. The number of anilines is 2. The third-order valence-corrected chi connectivity index (χ3v) is 4.83. The van der Waals surface area contributed by atoms with Gasteiger partial charge in [-0.25, -0.2) is 0 Å². The lowest BCUT2D eigenvalue weighted by molar-refractivity contribution is -0.862. The standard InChI is InChI=1S/C22H27N3O4/c1-15-6-4-7-18(16(15)2)24-22(27)14-25(3)13-21(26)23-17-8-9-19-20(12-17)29-11-5-10-28-19/h4,6-9,12H,5,10-11,13-14H2,1-3H3,(H,23,26)(H,24,27)/p+1. The lowest BCUT2D eigenvalue weighted by atomic mass is 10.1. The van der Waals surface area contributed by atoms with Crippen LogP contribution in [-0.2, 0) is 9.59 Å². The van der Waals surface area contributed by atoms with E-state index in [0.717, 1.165) is 28.1 Å². The summed E-state index contributed by atoms with van der Waals surface area (Å²) in [4.78, 5) is 25.5. The summed E-state index contributed by atoms with van der Waals surface area (Å²) in [6.07, 6.45) is 0.828. The van der Waals surface area contributed by atoms with Crippen molar-refractivity contribution in [3.05, 3.63) is 47.5 Å². The van der Waals surface area contributed by atoms with Gasteiger partial charge in [0.1, 0.15) is 0 Å². The van der Waals surface area contributed by atoms with Crippen molar-refractivity contribution in [2.45, 2.75) is 20.3 Å². The van der Waals surface area contributed by atoms with Crippen LogP contribution in [0.5, 0.6) is 11.5 Å². The average Bonchev–Trinajstić information content (AvgIpc) is 2.90. The minimum absolute atomic E-state index is 0.125. The number of carbonyl (C=O) groups is 2. The Morgan fingerprint density at radius 1 is 0.966 bits per heavy atom. The van der Waals surface area contributed by atoms with Gasteiger partial charge in [-0.3, -0.25) is 9.59 Å². The molecular formula is C22H28N3O4+. The number of likely N-dealkylation sites (N-methyl/N-ethyl adjacent to an activating group) is 1. The number of amides is 2. The first-order valence-electron chi connectivity index (χ1n) is 9.79. The van der Waals surface area contributed by atoms with E-state index in [1.54, 1.807) is 18.2 Å². The monoisotopic (exact) mass is 398 g/mol. The molecule has 154 valence electrons. The van der Waals surface area contributed by atoms with Crippen LogP contribution in [0.15, 0.2) is 36.4 Å². The van der Waals surface area contributed by atoms with Gasteiger partial charge in [0, 0.05) is 23.9 Å². The molecular weight excluding hydrogens is 370 g/mol. The van der Waals surface area contributed by atoms with Crippen LogP contribution >= 0.6 is 0 Å². The van der Waals surface area contributed by atoms with Crippen molar-refractivity contribution in [3.8, 4) is 11.5 Å². The fourth-order valence-corrected chi connectivity index (χ4v) is 3.14. The van der Waals surface area contributed by atoms with Crippen LogP contribution in [0.3, 0.4) is 0 Å². The Morgan fingerprint density at radius 2 is 1.66 bits per heavy atom. The van der Waals surface area contributed by atoms with Crippen molar-refractivity contribution in [2.75, 3.05) is 44.0 Å². The number of aryl methyl sites for hydroxylation is 1. The van der Waals surface area contributed by atoms with E-state index < -0.39 is 0 Å². The summed E-state index contributed by atoms with van der Waals surface area (Å²) in [6, 6.07) is 11.1. The van der Waals surface area contributed by atoms with Gasteiger partial charge in [-0.15, -0.1) is 0 Å². The molecule has 0 aromatic heterocycles. The van der Waals surface area contributed by atoms with E-state index in [2.05, 4.69) is 10.6 Å². The molecule has 29 heavy (non-hydrogen) atoms. The molecule has 1 aliphatic heterocycles. The van der Waals surface area contributed by atoms with E-state index in [4.69, 9.17) is 9.47 Å². The first-order chi connectivity index (χ1) is 13.9.